The van der Waals surface area contributed by atoms with Gasteiger partial charge in [-0.2, -0.15) is 35.9 Å². The van der Waals surface area contributed by atoms with E-state index in [1.165, 1.54) is 64.6 Å². The Hall–Kier alpha value is -14.0. The molecule has 4 atom stereocenters. The SMILES string of the molecule is CC(=O)NC[C@H]1CN(c2ccc(-c3ccc(CN(O)CCCF)cc3)c(F)c2)C(=O)O1.CC(=O)NC[C@H]1CN(c2ccc(-c3ccc(CNCCCF)cc3)c(F)c2)C(=O)O1.CC(=O)NC[C@H]1CN(c2ccc(-c3ccc(CNCc4cn[nH]n4)cc3)c(F)c2)C(=O)O1.O=C1O[C@@H](Cn2ccnn2)CN1c1ccc(-c2ccc(CNCc3cn[nH]n3)cc2)c(F)c1. The van der Waals surface area contributed by atoms with Crippen LogP contribution in [0.4, 0.5) is 68.3 Å². The Kier molecular flexibility index (Phi) is 32.5. The number of hydrogen-bond donors (Lipinski definition) is 9. The van der Waals surface area contributed by atoms with Gasteiger partial charge in [0, 0.05) is 95.0 Å². The third-order valence-electron chi connectivity index (χ3n) is 20.1. The molecule has 660 valence electrons. The highest BCUT2D eigenvalue weighted by Crippen LogP contribution is 2.35. The van der Waals surface area contributed by atoms with E-state index in [4.69, 9.17) is 18.9 Å². The number of cyclic esters (lactones) is 4. The molecule has 0 saturated carbocycles. The molecule has 4 saturated heterocycles. The maximum atomic E-state index is 14.9. The van der Waals surface area contributed by atoms with Crippen LogP contribution >= 0.6 is 0 Å². The third kappa shape index (κ3) is 26.1. The van der Waals surface area contributed by atoms with Gasteiger partial charge in [0.05, 0.1) is 118 Å². The molecule has 0 radical (unpaired) electrons. The van der Waals surface area contributed by atoms with Gasteiger partial charge >= 0.3 is 24.4 Å². The lowest BCUT2D eigenvalue weighted by Gasteiger charge is -2.15. The van der Waals surface area contributed by atoms with Crippen LogP contribution in [0.25, 0.3) is 44.5 Å². The number of rotatable bonds is 34. The zero-order valence-electron chi connectivity index (χ0n) is 69.0. The Morgan fingerprint density at radius 1 is 0.444 bits per heavy atom. The lowest BCUT2D eigenvalue weighted by molar-refractivity contribution is -0.120. The van der Waals surface area contributed by atoms with Crippen LogP contribution in [0.15, 0.2) is 195 Å². The van der Waals surface area contributed by atoms with Gasteiger partial charge in [0.1, 0.15) is 47.7 Å². The van der Waals surface area contributed by atoms with E-state index in [2.05, 4.69) is 73.0 Å². The van der Waals surface area contributed by atoms with Gasteiger partial charge < -0.3 is 56.1 Å². The summed E-state index contributed by atoms with van der Waals surface area (Å²) in [4.78, 5) is 87.2. The minimum Gasteiger partial charge on any atom is -0.442 e. The van der Waals surface area contributed by atoms with Crippen molar-refractivity contribution < 1.29 is 84.1 Å². The fourth-order valence-corrected chi connectivity index (χ4v) is 13.7. The van der Waals surface area contributed by atoms with E-state index in [-0.39, 0.29) is 89.3 Å². The molecule has 11 aromatic rings. The van der Waals surface area contributed by atoms with Crippen LogP contribution in [-0.4, -0.2) is 195 Å². The molecule has 7 heterocycles. The first-order valence-electron chi connectivity index (χ1n) is 40.4. The van der Waals surface area contributed by atoms with Crippen molar-refractivity contribution in [3.63, 3.8) is 0 Å². The molecular formula is C88H94F6N20O12. The normalized spacial score (nSPS) is 15.8. The molecule has 7 amide bonds. The lowest BCUT2D eigenvalue weighted by Crippen LogP contribution is -2.33. The minimum atomic E-state index is -0.590. The Bertz CT molecular complexity index is 5440. The van der Waals surface area contributed by atoms with Gasteiger partial charge in [-0.1, -0.05) is 102 Å². The van der Waals surface area contributed by atoms with Crippen molar-refractivity contribution in [2.24, 2.45) is 0 Å². The Balaban J connectivity index is 0.000000153. The van der Waals surface area contributed by atoms with E-state index in [0.717, 1.165) is 55.4 Å². The Labute approximate surface area is 720 Å². The standard InChI is InChI=1S/C22H25F2N3O4.C22H25F2N3O3.C22H21FN8O2.C22H23FN6O3/c1-15(28)25-12-19-14-27(22(29)31-19)18-7-8-20(21(24)11-18)17-5-3-16(4-6-17)13-26(30)10-2-9-23;1-15(28)26-13-19-14-27(22(29)30-19)18-7-8-20(21(24)11-18)17-5-3-16(4-6-17)12-25-10-2-9-23;23-21-9-18(31-14-19(33-22(31)32)13-30-8-7-25-29-30)5-6-20(21)16-3-1-15(2-4-16)10-24-11-17-12-26-28-27-17;1-14(30)25-12-19-13-29(22(31)32-19)18-6-7-20(21(23)8-18)16-4-2-15(3-5-16)9-24-10-17-11-26-28-27-17/h3-8,11,19,30H,2,9-10,12-14H2,1H3,(H,25,28);3-8,11,19,25H,2,9-10,12-14H2,1H3,(H,26,28);1-9,12,19,24H,10-11,13-14H2,(H,26,27,28);2-8,11,19,24H,9-10,12-13H2,1H3,(H,25,30)(H,26,27,28)/t4*19-/m0000/s1. The summed E-state index contributed by atoms with van der Waals surface area (Å²) in [7, 11) is 0. The zero-order valence-corrected chi connectivity index (χ0v) is 69.0. The highest BCUT2D eigenvalue weighted by atomic mass is 19.1. The number of nitrogens with one attached hydrogen (secondary N) is 8. The highest BCUT2D eigenvalue weighted by molar-refractivity contribution is 5.93. The number of hydroxylamine groups is 2. The summed E-state index contributed by atoms with van der Waals surface area (Å²) in [6, 6.07) is 48.3. The van der Waals surface area contributed by atoms with Crippen LogP contribution in [0.5, 0.6) is 0 Å². The van der Waals surface area contributed by atoms with Crippen LogP contribution in [-0.2, 0) is 79.1 Å². The van der Waals surface area contributed by atoms with Crippen molar-refractivity contribution in [2.45, 2.75) is 104 Å². The molecule has 9 N–H and O–H groups in total. The summed E-state index contributed by atoms with van der Waals surface area (Å²) in [5.41, 5.74) is 11.8. The van der Waals surface area contributed by atoms with Crippen molar-refractivity contribution in [2.75, 3.05) is 91.9 Å². The van der Waals surface area contributed by atoms with E-state index in [1.807, 2.05) is 72.8 Å². The van der Waals surface area contributed by atoms with Crippen LogP contribution in [0, 0.1) is 23.3 Å². The molecule has 0 unspecified atom stereocenters. The summed E-state index contributed by atoms with van der Waals surface area (Å²) in [6.45, 7) is 9.58. The second-order valence-corrected chi connectivity index (χ2v) is 29.6. The lowest BCUT2D eigenvalue weighted by atomic mass is 10.0. The molecule has 0 spiro atoms. The first-order valence-corrected chi connectivity index (χ1v) is 40.4. The third-order valence-corrected chi connectivity index (χ3v) is 20.1. The van der Waals surface area contributed by atoms with Gasteiger partial charge in [0.2, 0.25) is 17.7 Å². The van der Waals surface area contributed by atoms with Crippen LogP contribution in [0.2, 0.25) is 0 Å². The number of alkyl halides is 2. The quantitative estimate of drug-likeness (QED) is 0.00783. The van der Waals surface area contributed by atoms with E-state index < -0.39 is 72.6 Å². The summed E-state index contributed by atoms with van der Waals surface area (Å²) < 4.78 is 106. The molecule has 4 aliphatic heterocycles. The Morgan fingerprint density at radius 2 is 0.778 bits per heavy atom. The number of ether oxygens (including phenoxy) is 4. The van der Waals surface area contributed by atoms with Crippen LogP contribution < -0.4 is 51.5 Å². The van der Waals surface area contributed by atoms with Crippen molar-refractivity contribution in [1.29, 1.82) is 0 Å². The summed E-state index contributed by atoms with van der Waals surface area (Å²) in [5, 5.41) is 56.6. The van der Waals surface area contributed by atoms with Crippen molar-refractivity contribution in [3.8, 4) is 44.5 Å². The molecule has 4 aliphatic rings. The first-order chi connectivity index (χ1) is 61.0. The van der Waals surface area contributed by atoms with Gasteiger partial charge in [0.15, 0.2) is 0 Å². The molecule has 3 aromatic heterocycles. The number of benzene rings is 8. The Morgan fingerprint density at radius 3 is 1.09 bits per heavy atom. The van der Waals surface area contributed by atoms with E-state index in [1.54, 1.807) is 102 Å². The molecular weight excluding hydrogens is 1640 g/mol. The smallest absolute Gasteiger partial charge is 0.414 e. The average Bonchev–Trinajstić information content (AvgIpc) is 1.59. The second kappa shape index (κ2) is 44.9. The summed E-state index contributed by atoms with van der Waals surface area (Å²) in [6.07, 6.45) is 3.27. The number of hydrogen-bond acceptors (Lipinski definition) is 22. The molecule has 8 aromatic carbocycles. The first kappa shape index (κ1) is 91.3. The number of amides is 7. The van der Waals surface area contributed by atoms with Crippen LogP contribution in [0.3, 0.4) is 0 Å². The molecule has 38 heteroatoms. The van der Waals surface area contributed by atoms with Crippen molar-refractivity contribution >= 4 is 64.8 Å². The highest BCUT2D eigenvalue weighted by Gasteiger charge is 2.37. The largest absolute Gasteiger partial charge is 0.442 e. The number of halogens is 6. The predicted octanol–water partition coefficient (Wildman–Crippen LogP) is 11.8. The molecule has 0 aliphatic carbocycles. The number of carbonyl (C=O) groups is 7. The molecule has 0 bridgehead atoms. The number of nitrogens with zero attached hydrogens (tertiary/aromatic N) is 12. The number of carbonyl (C=O) groups excluding carboxylic acids is 7. The number of aromatic amines is 2. The summed E-state index contributed by atoms with van der Waals surface area (Å²) in [5.74, 6) is -2.40. The fourth-order valence-electron chi connectivity index (χ4n) is 13.7. The number of aromatic nitrogens is 9. The van der Waals surface area contributed by atoms with Gasteiger partial charge in [-0.25, -0.2) is 41.4 Å². The maximum Gasteiger partial charge on any atom is 0.414 e. The van der Waals surface area contributed by atoms with E-state index in [0.29, 0.717) is 109 Å². The topological polar surface area (TPSA) is 379 Å². The van der Waals surface area contributed by atoms with Gasteiger partial charge in [-0.3, -0.25) is 42.8 Å². The van der Waals surface area contributed by atoms with E-state index >= 15 is 0 Å². The molecule has 4 fully saturated rings. The molecule has 32 nitrogen and oxygen atoms in total. The van der Waals surface area contributed by atoms with Gasteiger partial charge in [-0.05, 0) is 137 Å². The maximum absolute atomic E-state index is 14.9. The predicted molar refractivity (Wildman–Crippen MR) is 453 cm³/mol. The number of H-pyrrole nitrogens is 2. The zero-order chi connectivity index (χ0) is 89.0. The number of anilines is 4. The van der Waals surface area contributed by atoms with Crippen LogP contribution in [0.1, 0.15) is 67.3 Å². The second-order valence-electron chi connectivity index (χ2n) is 29.6. The van der Waals surface area contributed by atoms with Gasteiger partial charge in [0.25, 0.3) is 0 Å². The molecule has 126 heavy (non-hydrogen) atoms. The molecule has 15 rings (SSSR count). The van der Waals surface area contributed by atoms with E-state index in [9.17, 15) is 65.1 Å². The van der Waals surface area contributed by atoms with Crippen molar-refractivity contribution in [1.82, 2.24) is 82.8 Å². The van der Waals surface area contributed by atoms with Crippen molar-refractivity contribution in [3.05, 3.63) is 252 Å². The monoisotopic (exact) mass is 1740 g/mol. The van der Waals surface area contributed by atoms with Gasteiger partial charge in [-0.15, -0.1) is 5.10 Å². The fraction of sp³-hybridized carbons (Fsp3) is 0.307. The average molecular weight is 1740 g/mol. The minimum absolute atomic E-state index is 0.198. The summed E-state index contributed by atoms with van der Waals surface area (Å²) >= 11 is 0.